The van der Waals surface area contributed by atoms with Crippen LogP contribution in [0.1, 0.15) is 13.3 Å². The molecule has 4 heteroatoms. The Labute approximate surface area is 76.2 Å². The summed E-state index contributed by atoms with van der Waals surface area (Å²) in [6.07, 6.45) is 0.978. The highest BCUT2D eigenvalue weighted by atomic mass is 28.3. The molecule has 0 aromatic carbocycles. The van der Waals surface area contributed by atoms with Crippen LogP contribution in [0.15, 0.2) is 12.3 Å². The SMILES string of the molecule is C=C(C)OCCC[SiH](OC)OC. The van der Waals surface area contributed by atoms with Crippen LogP contribution >= 0.6 is 0 Å². The molecule has 0 saturated heterocycles. The number of allylic oxidation sites excluding steroid dienone is 1. The van der Waals surface area contributed by atoms with E-state index in [0.717, 1.165) is 18.2 Å². The van der Waals surface area contributed by atoms with Gasteiger partial charge >= 0.3 is 9.28 Å². The van der Waals surface area contributed by atoms with Crippen LogP contribution in [0.25, 0.3) is 0 Å². The van der Waals surface area contributed by atoms with E-state index in [-0.39, 0.29) is 0 Å². The predicted molar refractivity (Wildman–Crippen MR) is 51.4 cm³/mol. The van der Waals surface area contributed by atoms with Crippen molar-refractivity contribution in [2.45, 2.75) is 19.4 Å². The van der Waals surface area contributed by atoms with Gasteiger partial charge in [-0.25, -0.2) is 0 Å². The summed E-state index contributed by atoms with van der Waals surface area (Å²) in [7, 11) is 2.02. The lowest BCUT2D eigenvalue weighted by Gasteiger charge is -2.10. The molecule has 0 aliphatic heterocycles. The Morgan fingerprint density at radius 2 is 1.92 bits per heavy atom. The second-order valence-electron chi connectivity index (χ2n) is 2.59. The van der Waals surface area contributed by atoms with Gasteiger partial charge in [0.15, 0.2) is 0 Å². The molecule has 0 aliphatic rings. The molecule has 12 heavy (non-hydrogen) atoms. The topological polar surface area (TPSA) is 27.7 Å². The van der Waals surface area contributed by atoms with Gasteiger partial charge in [0.25, 0.3) is 0 Å². The molecule has 0 aromatic heterocycles. The average Bonchev–Trinajstić information content (AvgIpc) is 2.04. The van der Waals surface area contributed by atoms with Crippen molar-refractivity contribution in [2.75, 3.05) is 20.8 Å². The molecule has 3 nitrogen and oxygen atoms in total. The molecule has 0 heterocycles. The van der Waals surface area contributed by atoms with E-state index in [4.69, 9.17) is 13.6 Å². The number of hydrogen-bond acceptors (Lipinski definition) is 3. The normalized spacial score (nSPS) is 10.3. The monoisotopic (exact) mass is 190 g/mol. The van der Waals surface area contributed by atoms with E-state index < -0.39 is 9.28 Å². The maximum atomic E-state index is 5.20. The summed E-state index contributed by atoms with van der Waals surface area (Å²) < 4.78 is 15.5. The summed E-state index contributed by atoms with van der Waals surface area (Å²) in [6, 6.07) is 0.986. The van der Waals surface area contributed by atoms with Crippen molar-refractivity contribution in [3.05, 3.63) is 12.3 Å². The molecular weight excluding hydrogens is 172 g/mol. The Morgan fingerprint density at radius 3 is 2.33 bits per heavy atom. The zero-order valence-corrected chi connectivity index (χ0v) is 9.29. The van der Waals surface area contributed by atoms with Crippen molar-refractivity contribution < 1.29 is 13.6 Å². The molecule has 0 bridgehead atoms. The van der Waals surface area contributed by atoms with Crippen LogP contribution < -0.4 is 0 Å². The molecular formula is C8H18O3Si. The lowest BCUT2D eigenvalue weighted by Crippen LogP contribution is -2.19. The van der Waals surface area contributed by atoms with Crippen molar-refractivity contribution >= 4 is 9.28 Å². The first-order valence-corrected chi connectivity index (χ1v) is 5.80. The maximum Gasteiger partial charge on any atom is 0.321 e. The van der Waals surface area contributed by atoms with Crippen molar-refractivity contribution in [1.82, 2.24) is 0 Å². The summed E-state index contributed by atoms with van der Waals surface area (Å²) in [6.45, 7) is 6.20. The molecule has 0 aromatic rings. The molecule has 0 atom stereocenters. The number of ether oxygens (including phenoxy) is 1. The number of rotatable bonds is 7. The van der Waals surface area contributed by atoms with Gasteiger partial charge in [-0.1, -0.05) is 6.58 Å². The van der Waals surface area contributed by atoms with Gasteiger partial charge in [0.2, 0.25) is 0 Å². The molecule has 0 unspecified atom stereocenters. The molecule has 72 valence electrons. The summed E-state index contributed by atoms with van der Waals surface area (Å²) in [5.74, 6) is 0.767. The summed E-state index contributed by atoms with van der Waals surface area (Å²) in [4.78, 5) is 0. The van der Waals surface area contributed by atoms with Crippen LogP contribution in [0.4, 0.5) is 0 Å². The zero-order chi connectivity index (χ0) is 9.40. The Hall–Kier alpha value is -0.323. The van der Waals surface area contributed by atoms with Gasteiger partial charge in [-0.2, -0.15) is 0 Å². The standard InChI is InChI=1S/C8H18O3Si/c1-8(2)11-6-5-7-12(9-3)10-4/h12H,1,5-7H2,2-4H3. The van der Waals surface area contributed by atoms with Crippen LogP contribution in [0, 0.1) is 0 Å². The second-order valence-corrected chi connectivity index (χ2v) is 4.97. The zero-order valence-electron chi connectivity index (χ0n) is 8.13. The molecule has 0 fully saturated rings. The lowest BCUT2D eigenvalue weighted by atomic mass is 10.5. The summed E-state index contributed by atoms with van der Waals surface area (Å²) >= 11 is 0. The molecule has 0 amide bonds. The lowest BCUT2D eigenvalue weighted by molar-refractivity contribution is 0.209. The van der Waals surface area contributed by atoms with Crippen molar-refractivity contribution in [1.29, 1.82) is 0 Å². The van der Waals surface area contributed by atoms with E-state index in [1.807, 2.05) is 6.92 Å². The Morgan fingerprint density at radius 1 is 1.33 bits per heavy atom. The van der Waals surface area contributed by atoms with Crippen molar-refractivity contribution in [3.63, 3.8) is 0 Å². The predicted octanol–water partition coefficient (Wildman–Crippen LogP) is 1.44. The van der Waals surface area contributed by atoms with Gasteiger partial charge < -0.3 is 13.6 Å². The Balaban J connectivity index is 3.23. The highest BCUT2D eigenvalue weighted by Gasteiger charge is 2.07. The average molecular weight is 190 g/mol. The minimum absolute atomic E-state index is 0.714. The third-order valence-corrected chi connectivity index (χ3v) is 3.39. The van der Waals surface area contributed by atoms with Crippen molar-refractivity contribution in [3.8, 4) is 0 Å². The van der Waals surface area contributed by atoms with Crippen LogP contribution in [-0.4, -0.2) is 30.1 Å². The highest BCUT2D eigenvalue weighted by Crippen LogP contribution is 2.01. The van der Waals surface area contributed by atoms with E-state index in [1.165, 1.54) is 0 Å². The van der Waals surface area contributed by atoms with Gasteiger partial charge in [-0.05, 0) is 19.4 Å². The van der Waals surface area contributed by atoms with E-state index in [2.05, 4.69) is 6.58 Å². The van der Waals surface area contributed by atoms with Gasteiger partial charge in [-0.3, -0.25) is 0 Å². The van der Waals surface area contributed by atoms with E-state index in [9.17, 15) is 0 Å². The fraction of sp³-hybridized carbons (Fsp3) is 0.750. The van der Waals surface area contributed by atoms with Crippen LogP contribution in [0.3, 0.4) is 0 Å². The first kappa shape index (κ1) is 11.7. The molecule has 0 rings (SSSR count). The van der Waals surface area contributed by atoms with Gasteiger partial charge in [-0.15, -0.1) is 0 Å². The van der Waals surface area contributed by atoms with E-state index >= 15 is 0 Å². The van der Waals surface area contributed by atoms with Crippen LogP contribution in [-0.2, 0) is 13.6 Å². The summed E-state index contributed by atoms with van der Waals surface area (Å²) in [5, 5.41) is 0. The Bertz CT molecular complexity index is 123. The largest absolute Gasteiger partial charge is 0.499 e. The quantitative estimate of drug-likeness (QED) is 0.345. The smallest absolute Gasteiger partial charge is 0.321 e. The third-order valence-electron chi connectivity index (χ3n) is 1.46. The van der Waals surface area contributed by atoms with Crippen molar-refractivity contribution in [2.24, 2.45) is 0 Å². The number of hydrogen-bond donors (Lipinski definition) is 0. The van der Waals surface area contributed by atoms with Crippen LogP contribution in [0.5, 0.6) is 0 Å². The first-order valence-electron chi connectivity index (χ1n) is 4.04. The molecule has 0 aliphatic carbocycles. The molecule has 0 radical (unpaired) electrons. The minimum Gasteiger partial charge on any atom is -0.499 e. The van der Waals surface area contributed by atoms with Gasteiger partial charge in [0, 0.05) is 14.2 Å². The Kier molecular flexibility index (Phi) is 7.14. The molecule has 0 N–H and O–H groups in total. The minimum atomic E-state index is -1.36. The van der Waals surface area contributed by atoms with Gasteiger partial charge in [0.05, 0.1) is 12.4 Å². The fourth-order valence-electron chi connectivity index (χ4n) is 0.828. The summed E-state index contributed by atoms with van der Waals surface area (Å²) in [5.41, 5.74) is 0. The molecule has 0 saturated carbocycles. The van der Waals surface area contributed by atoms with Crippen LogP contribution in [0.2, 0.25) is 6.04 Å². The second kappa shape index (κ2) is 7.33. The maximum absolute atomic E-state index is 5.20. The van der Waals surface area contributed by atoms with E-state index in [0.29, 0.717) is 6.61 Å². The fourth-order valence-corrected chi connectivity index (χ4v) is 1.99. The molecule has 0 spiro atoms. The first-order chi connectivity index (χ1) is 5.70. The third kappa shape index (κ3) is 6.39. The highest BCUT2D eigenvalue weighted by molar-refractivity contribution is 6.44. The van der Waals surface area contributed by atoms with Gasteiger partial charge in [0.1, 0.15) is 0 Å². The van der Waals surface area contributed by atoms with E-state index in [1.54, 1.807) is 14.2 Å².